The molecule has 0 saturated carbocycles. The highest BCUT2D eigenvalue weighted by molar-refractivity contribution is 5.94. The van der Waals surface area contributed by atoms with E-state index in [1.165, 1.54) is 25.1 Å². The van der Waals surface area contributed by atoms with Gasteiger partial charge in [-0.1, -0.05) is 0 Å². The average molecular weight is 278 g/mol. The fourth-order valence-electron chi connectivity index (χ4n) is 1.73. The first kappa shape index (κ1) is 13.8. The summed E-state index contributed by atoms with van der Waals surface area (Å²) in [6, 6.07) is 6.18. The lowest BCUT2D eigenvalue weighted by Gasteiger charge is -2.10. The van der Waals surface area contributed by atoms with Gasteiger partial charge in [0.2, 0.25) is 0 Å². The van der Waals surface area contributed by atoms with Crippen molar-refractivity contribution in [1.82, 2.24) is 0 Å². The van der Waals surface area contributed by atoms with Crippen LogP contribution < -0.4 is 11.1 Å². The third-order valence-electron chi connectivity index (χ3n) is 2.81. The van der Waals surface area contributed by atoms with Crippen LogP contribution in [0.25, 0.3) is 0 Å². The summed E-state index contributed by atoms with van der Waals surface area (Å²) in [4.78, 5) is 10.8. The van der Waals surface area contributed by atoms with Gasteiger partial charge in [0.25, 0.3) is 0 Å². The zero-order chi connectivity index (χ0) is 14.9. The Bertz CT molecular complexity index is 687. The molecule has 0 aliphatic carbocycles. The van der Waals surface area contributed by atoms with Crippen LogP contribution in [-0.2, 0) is 0 Å². The summed E-state index contributed by atoms with van der Waals surface area (Å²) in [5.74, 6) is -2.30. The number of carboxylic acid groups (broad SMARTS) is 1. The van der Waals surface area contributed by atoms with Gasteiger partial charge < -0.3 is 16.2 Å². The van der Waals surface area contributed by atoms with E-state index in [-0.39, 0.29) is 22.5 Å². The van der Waals surface area contributed by atoms with Crippen LogP contribution in [-0.4, -0.2) is 11.1 Å². The molecule has 0 aliphatic heterocycles. The van der Waals surface area contributed by atoms with E-state index in [2.05, 4.69) is 5.32 Å². The monoisotopic (exact) mass is 278 g/mol. The molecule has 0 radical (unpaired) electrons. The number of hydrogen-bond donors (Lipinski definition) is 3. The highest BCUT2D eigenvalue weighted by atomic mass is 19.1. The van der Waals surface area contributed by atoms with Gasteiger partial charge in [-0.25, -0.2) is 13.6 Å². The average Bonchev–Trinajstić information content (AvgIpc) is 2.35. The lowest BCUT2D eigenvalue weighted by atomic mass is 10.1. The molecular weight excluding hydrogens is 266 g/mol. The molecule has 2 rings (SSSR count). The van der Waals surface area contributed by atoms with E-state index in [4.69, 9.17) is 10.8 Å². The SMILES string of the molecule is Cc1cc(F)c(Nc2ccc(C(=O)O)c(N)c2)cc1F. The minimum atomic E-state index is -1.15. The number of carboxylic acids is 1. The standard InChI is InChI=1S/C14H12F2N2O2/c1-7-4-11(16)13(6-10(7)15)18-8-2-3-9(14(19)20)12(17)5-8/h2-6,18H,17H2,1H3,(H,19,20). The highest BCUT2D eigenvalue weighted by Gasteiger charge is 2.10. The molecule has 0 heterocycles. The summed E-state index contributed by atoms with van der Waals surface area (Å²) < 4.78 is 27.1. The van der Waals surface area contributed by atoms with Crippen molar-refractivity contribution in [2.75, 3.05) is 11.1 Å². The van der Waals surface area contributed by atoms with E-state index in [0.717, 1.165) is 12.1 Å². The fraction of sp³-hybridized carbons (Fsp3) is 0.0714. The second-order valence-electron chi connectivity index (χ2n) is 4.31. The van der Waals surface area contributed by atoms with E-state index in [1.54, 1.807) is 0 Å². The number of aryl methyl sites for hydroxylation is 1. The molecule has 0 aliphatic rings. The van der Waals surface area contributed by atoms with Crippen LogP contribution in [0.1, 0.15) is 15.9 Å². The lowest BCUT2D eigenvalue weighted by molar-refractivity contribution is 0.0698. The maximum atomic E-state index is 13.7. The van der Waals surface area contributed by atoms with Gasteiger partial charge in [0, 0.05) is 17.4 Å². The summed E-state index contributed by atoms with van der Waals surface area (Å²) in [5, 5.41) is 11.5. The normalized spacial score (nSPS) is 10.3. The van der Waals surface area contributed by atoms with Crippen molar-refractivity contribution >= 4 is 23.0 Å². The summed E-state index contributed by atoms with van der Waals surface area (Å²) in [6.07, 6.45) is 0. The number of nitrogen functional groups attached to an aromatic ring is 1. The largest absolute Gasteiger partial charge is 0.478 e. The van der Waals surface area contributed by atoms with E-state index in [1.807, 2.05) is 0 Å². The zero-order valence-electron chi connectivity index (χ0n) is 10.6. The molecule has 4 N–H and O–H groups in total. The molecule has 0 fully saturated rings. The molecule has 2 aromatic carbocycles. The zero-order valence-corrected chi connectivity index (χ0v) is 10.6. The molecule has 0 aromatic heterocycles. The molecule has 0 unspecified atom stereocenters. The van der Waals surface area contributed by atoms with Crippen molar-refractivity contribution in [3.63, 3.8) is 0 Å². The molecule has 4 nitrogen and oxygen atoms in total. The Labute approximate surface area is 113 Å². The number of nitrogens with two attached hydrogens (primary N) is 1. The number of rotatable bonds is 3. The number of anilines is 3. The van der Waals surface area contributed by atoms with Crippen LogP contribution in [0.15, 0.2) is 30.3 Å². The minimum absolute atomic E-state index is 0.0375. The van der Waals surface area contributed by atoms with Gasteiger partial charge in [-0.2, -0.15) is 0 Å². The van der Waals surface area contributed by atoms with Crippen molar-refractivity contribution in [2.24, 2.45) is 0 Å². The summed E-state index contributed by atoms with van der Waals surface area (Å²) in [5.41, 5.74) is 6.09. The summed E-state index contributed by atoms with van der Waals surface area (Å²) in [6.45, 7) is 1.46. The fourth-order valence-corrected chi connectivity index (χ4v) is 1.73. The van der Waals surface area contributed by atoms with Gasteiger partial charge in [0.1, 0.15) is 11.6 Å². The van der Waals surface area contributed by atoms with E-state index >= 15 is 0 Å². The second-order valence-corrected chi connectivity index (χ2v) is 4.31. The highest BCUT2D eigenvalue weighted by Crippen LogP contribution is 2.25. The number of aromatic carboxylic acids is 1. The van der Waals surface area contributed by atoms with Crippen LogP contribution in [0, 0.1) is 18.6 Å². The van der Waals surface area contributed by atoms with E-state index in [0.29, 0.717) is 5.69 Å². The van der Waals surface area contributed by atoms with Gasteiger partial charge in [-0.15, -0.1) is 0 Å². The number of halogens is 2. The minimum Gasteiger partial charge on any atom is -0.478 e. The van der Waals surface area contributed by atoms with Crippen molar-refractivity contribution in [3.05, 3.63) is 53.1 Å². The van der Waals surface area contributed by atoms with E-state index < -0.39 is 17.6 Å². The van der Waals surface area contributed by atoms with Gasteiger partial charge in [0.05, 0.1) is 11.3 Å². The third-order valence-corrected chi connectivity index (χ3v) is 2.81. The van der Waals surface area contributed by atoms with Crippen molar-refractivity contribution in [3.8, 4) is 0 Å². The second kappa shape index (κ2) is 5.16. The smallest absolute Gasteiger partial charge is 0.337 e. The Hall–Kier alpha value is -2.63. The van der Waals surface area contributed by atoms with Gasteiger partial charge in [-0.05, 0) is 36.8 Å². The molecule has 0 spiro atoms. The van der Waals surface area contributed by atoms with Crippen LogP contribution in [0.4, 0.5) is 25.8 Å². The molecule has 2 aromatic rings. The molecule has 0 atom stereocenters. The van der Waals surface area contributed by atoms with Crippen molar-refractivity contribution in [2.45, 2.75) is 6.92 Å². The van der Waals surface area contributed by atoms with E-state index in [9.17, 15) is 13.6 Å². The Balaban J connectivity index is 2.33. The lowest BCUT2D eigenvalue weighted by Crippen LogP contribution is -2.03. The maximum absolute atomic E-state index is 13.7. The molecule has 6 heteroatoms. The first-order valence-corrected chi connectivity index (χ1v) is 5.74. The molecular formula is C14H12F2N2O2. The summed E-state index contributed by atoms with van der Waals surface area (Å²) >= 11 is 0. The van der Waals surface area contributed by atoms with Crippen molar-refractivity contribution in [1.29, 1.82) is 0 Å². The van der Waals surface area contributed by atoms with Crippen LogP contribution >= 0.6 is 0 Å². The summed E-state index contributed by atoms with van der Waals surface area (Å²) in [7, 11) is 0. The number of nitrogens with one attached hydrogen (secondary N) is 1. The molecule has 20 heavy (non-hydrogen) atoms. The first-order chi connectivity index (χ1) is 9.38. The Kier molecular flexibility index (Phi) is 3.56. The first-order valence-electron chi connectivity index (χ1n) is 5.74. The molecule has 0 saturated heterocycles. The van der Waals surface area contributed by atoms with Crippen LogP contribution in [0.2, 0.25) is 0 Å². The maximum Gasteiger partial charge on any atom is 0.337 e. The Morgan fingerprint density at radius 3 is 2.50 bits per heavy atom. The number of benzene rings is 2. The number of carbonyl (C=O) groups is 1. The Morgan fingerprint density at radius 1 is 1.20 bits per heavy atom. The van der Waals surface area contributed by atoms with Gasteiger partial charge in [0.15, 0.2) is 0 Å². The quantitative estimate of drug-likeness (QED) is 0.753. The Morgan fingerprint density at radius 2 is 1.90 bits per heavy atom. The number of hydrogen-bond acceptors (Lipinski definition) is 3. The predicted molar refractivity (Wildman–Crippen MR) is 72.2 cm³/mol. The van der Waals surface area contributed by atoms with Gasteiger partial charge >= 0.3 is 5.97 Å². The molecule has 104 valence electrons. The predicted octanol–water partition coefficient (Wildman–Crippen LogP) is 3.30. The topological polar surface area (TPSA) is 75.3 Å². The van der Waals surface area contributed by atoms with Crippen LogP contribution in [0.3, 0.4) is 0 Å². The van der Waals surface area contributed by atoms with Gasteiger partial charge in [-0.3, -0.25) is 0 Å². The van der Waals surface area contributed by atoms with Crippen molar-refractivity contribution < 1.29 is 18.7 Å². The van der Waals surface area contributed by atoms with Crippen LogP contribution in [0.5, 0.6) is 0 Å². The third kappa shape index (κ3) is 2.69. The molecule has 0 amide bonds. The molecule has 0 bridgehead atoms.